The van der Waals surface area contributed by atoms with Crippen LogP contribution in [0.4, 0.5) is 0 Å². The first-order valence-corrected chi connectivity index (χ1v) is 8.12. The van der Waals surface area contributed by atoms with E-state index in [1.54, 1.807) is 0 Å². The van der Waals surface area contributed by atoms with Gasteiger partial charge in [-0.25, -0.2) is 0 Å². The second-order valence-electron chi connectivity index (χ2n) is 5.60. The number of Topliss-reactive ketones (excluding diaryl/α,β-unsaturated/α-hetero) is 1. The molecule has 1 amide bonds. The van der Waals surface area contributed by atoms with Crippen LogP contribution >= 0.6 is 12.2 Å². The van der Waals surface area contributed by atoms with Crippen molar-refractivity contribution in [3.63, 3.8) is 0 Å². The quantitative estimate of drug-likeness (QED) is 0.793. The minimum absolute atomic E-state index is 0.0141. The van der Waals surface area contributed by atoms with Gasteiger partial charge in [-0.3, -0.25) is 9.59 Å². The van der Waals surface area contributed by atoms with Crippen molar-refractivity contribution in [2.24, 2.45) is 0 Å². The van der Waals surface area contributed by atoms with Crippen molar-refractivity contribution in [3.05, 3.63) is 71.3 Å². The van der Waals surface area contributed by atoms with Crippen LogP contribution in [0.5, 0.6) is 0 Å². The number of benzene rings is 2. The zero-order valence-corrected chi connectivity index (χ0v) is 14.4. The molecule has 5 heteroatoms. The Kier molecular flexibility index (Phi) is 6.63. The second-order valence-corrected chi connectivity index (χ2v) is 6.01. The molecule has 2 aromatic rings. The fraction of sp³-hybridized carbons (Fsp3) is 0.211. The molecule has 124 valence electrons. The molecule has 0 saturated heterocycles. The van der Waals surface area contributed by atoms with Crippen molar-refractivity contribution in [3.8, 4) is 0 Å². The van der Waals surface area contributed by atoms with Crippen molar-refractivity contribution in [1.82, 2.24) is 10.6 Å². The molecule has 0 fully saturated rings. The average molecular weight is 340 g/mol. The third-order valence-corrected chi connectivity index (χ3v) is 3.64. The van der Waals surface area contributed by atoms with E-state index in [0.717, 1.165) is 16.7 Å². The molecular formula is C19H20N2O2S. The van der Waals surface area contributed by atoms with E-state index in [1.165, 1.54) is 0 Å². The van der Waals surface area contributed by atoms with E-state index in [2.05, 4.69) is 10.6 Å². The number of carbonyl (C=O) groups excluding carboxylic acids is 2. The van der Waals surface area contributed by atoms with Crippen molar-refractivity contribution in [1.29, 1.82) is 0 Å². The molecule has 0 unspecified atom stereocenters. The van der Waals surface area contributed by atoms with Gasteiger partial charge in [-0.15, -0.1) is 0 Å². The summed E-state index contributed by atoms with van der Waals surface area (Å²) in [6.45, 7) is 2.09. The third-order valence-electron chi connectivity index (χ3n) is 3.39. The maximum atomic E-state index is 12.0. The summed E-state index contributed by atoms with van der Waals surface area (Å²) in [5.41, 5.74) is 3.01. The number of rotatable bonds is 6. The van der Waals surface area contributed by atoms with Crippen molar-refractivity contribution in [2.45, 2.75) is 19.8 Å². The molecule has 2 rings (SSSR count). The Labute approximate surface area is 147 Å². The monoisotopic (exact) mass is 340 g/mol. The topological polar surface area (TPSA) is 58.2 Å². The lowest BCUT2D eigenvalue weighted by molar-refractivity contribution is -0.119. The van der Waals surface area contributed by atoms with Crippen LogP contribution in [0.15, 0.2) is 54.6 Å². The van der Waals surface area contributed by atoms with Gasteiger partial charge in [-0.05, 0) is 30.3 Å². The lowest BCUT2D eigenvalue weighted by Gasteiger charge is -2.09. The number of thiocarbonyl (C=S) groups is 1. The highest BCUT2D eigenvalue weighted by Gasteiger charge is 2.08. The predicted octanol–water partition coefficient (Wildman–Crippen LogP) is 2.34. The zero-order chi connectivity index (χ0) is 17.4. The molecule has 0 radical (unpaired) electrons. The molecular weight excluding hydrogens is 320 g/mol. The summed E-state index contributed by atoms with van der Waals surface area (Å²) in [6.07, 6.45) is 0.592. The number of nitrogens with one attached hydrogen (secondary N) is 2. The molecule has 0 saturated carbocycles. The van der Waals surface area contributed by atoms with E-state index in [0.29, 0.717) is 6.42 Å². The highest BCUT2D eigenvalue weighted by molar-refractivity contribution is 7.80. The van der Waals surface area contributed by atoms with E-state index in [9.17, 15) is 9.59 Å². The SMILES string of the molecule is Cc1cccc(CC(=O)CNC(=S)NC(=O)Cc2ccccc2)c1. The maximum absolute atomic E-state index is 12.0. The third kappa shape index (κ3) is 6.30. The minimum Gasteiger partial charge on any atom is -0.355 e. The van der Waals surface area contributed by atoms with Gasteiger partial charge >= 0.3 is 0 Å². The molecule has 0 aliphatic rings. The Morgan fingerprint density at radius 2 is 1.67 bits per heavy atom. The first kappa shape index (κ1) is 17.8. The Hall–Kier alpha value is -2.53. The van der Waals surface area contributed by atoms with Gasteiger partial charge in [-0.2, -0.15) is 0 Å². The largest absolute Gasteiger partial charge is 0.355 e. The molecule has 0 spiro atoms. The van der Waals surface area contributed by atoms with Crippen LogP contribution in [-0.4, -0.2) is 23.3 Å². The van der Waals surface area contributed by atoms with Gasteiger partial charge in [-0.1, -0.05) is 60.2 Å². The van der Waals surface area contributed by atoms with E-state index in [-0.39, 0.29) is 29.8 Å². The predicted molar refractivity (Wildman–Crippen MR) is 98.8 cm³/mol. The fourth-order valence-electron chi connectivity index (χ4n) is 2.29. The Morgan fingerprint density at radius 1 is 0.958 bits per heavy atom. The Morgan fingerprint density at radius 3 is 2.38 bits per heavy atom. The Balaban J connectivity index is 1.72. The van der Waals surface area contributed by atoms with Crippen LogP contribution in [0.25, 0.3) is 0 Å². The van der Waals surface area contributed by atoms with Gasteiger partial charge in [0.25, 0.3) is 0 Å². The standard InChI is InChI=1S/C19H20N2O2S/c1-14-6-5-9-16(10-14)11-17(22)13-20-19(24)21-18(23)12-15-7-3-2-4-8-15/h2-10H,11-13H2,1H3,(H2,20,21,23,24). The highest BCUT2D eigenvalue weighted by atomic mass is 32.1. The van der Waals surface area contributed by atoms with Crippen molar-refractivity contribution >= 4 is 29.0 Å². The molecule has 24 heavy (non-hydrogen) atoms. The van der Waals surface area contributed by atoms with Gasteiger partial charge < -0.3 is 10.6 Å². The molecule has 0 heterocycles. The first-order chi connectivity index (χ1) is 11.5. The molecule has 0 aliphatic heterocycles. The van der Waals surface area contributed by atoms with Crippen LogP contribution in [0.1, 0.15) is 16.7 Å². The molecule has 2 aromatic carbocycles. The van der Waals surface area contributed by atoms with Gasteiger partial charge in [0.1, 0.15) is 0 Å². The number of hydrogen-bond donors (Lipinski definition) is 2. The Bertz CT molecular complexity index is 729. The summed E-state index contributed by atoms with van der Waals surface area (Å²) < 4.78 is 0. The highest BCUT2D eigenvalue weighted by Crippen LogP contribution is 2.04. The lowest BCUT2D eigenvalue weighted by atomic mass is 10.1. The summed E-state index contributed by atoms with van der Waals surface area (Å²) in [5, 5.41) is 5.54. The summed E-state index contributed by atoms with van der Waals surface area (Å²) in [4.78, 5) is 23.8. The molecule has 0 aromatic heterocycles. The zero-order valence-electron chi connectivity index (χ0n) is 13.5. The van der Waals surface area contributed by atoms with Crippen LogP contribution in [0, 0.1) is 6.92 Å². The van der Waals surface area contributed by atoms with Gasteiger partial charge in [0.2, 0.25) is 5.91 Å². The maximum Gasteiger partial charge on any atom is 0.230 e. The molecule has 4 nitrogen and oxygen atoms in total. The van der Waals surface area contributed by atoms with Crippen LogP contribution in [-0.2, 0) is 22.4 Å². The molecule has 2 N–H and O–H groups in total. The van der Waals surface area contributed by atoms with Crippen LogP contribution in [0.2, 0.25) is 0 Å². The van der Waals surface area contributed by atoms with E-state index in [1.807, 2.05) is 61.5 Å². The number of carbonyl (C=O) groups is 2. The number of hydrogen-bond acceptors (Lipinski definition) is 3. The summed E-state index contributed by atoms with van der Waals surface area (Å²) >= 11 is 5.06. The number of ketones is 1. The molecule has 0 bridgehead atoms. The summed E-state index contributed by atoms with van der Waals surface area (Å²) in [7, 11) is 0. The van der Waals surface area contributed by atoms with E-state index < -0.39 is 0 Å². The van der Waals surface area contributed by atoms with Gasteiger partial charge in [0.05, 0.1) is 13.0 Å². The van der Waals surface area contributed by atoms with E-state index >= 15 is 0 Å². The van der Waals surface area contributed by atoms with E-state index in [4.69, 9.17) is 12.2 Å². The van der Waals surface area contributed by atoms with Crippen molar-refractivity contribution in [2.75, 3.05) is 6.54 Å². The number of amides is 1. The number of aryl methyl sites for hydroxylation is 1. The second kappa shape index (κ2) is 8.93. The normalized spacial score (nSPS) is 10.0. The summed E-state index contributed by atoms with van der Waals surface area (Å²) in [6, 6.07) is 17.2. The first-order valence-electron chi connectivity index (χ1n) is 7.72. The van der Waals surface area contributed by atoms with Crippen molar-refractivity contribution < 1.29 is 9.59 Å². The average Bonchev–Trinajstić information content (AvgIpc) is 2.54. The van der Waals surface area contributed by atoms with Crippen LogP contribution in [0.3, 0.4) is 0 Å². The fourth-order valence-corrected chi connectivity index (χ4v) is 2.47. The summed E-state index contributed by atoms with van der Waals surface area (Å²) in [5.74, 6) is -0.190. The van der Waals surface area contributed by atoms with Gasteiger partial charge in [0.15, 0.2) is 10.9 Å². The van der Waals surface area contributed by atoms with Gasteiger partial charge in [0, 0.05) is 6.42 Å². The minimum atomic E-state index is -0.204. The smallest absolute Gasteiger partial charge is 0.230 e. The lowest BCUT2D eigenvalue weighted by Crippen LogP contribution is -2.42. The van der Waals surface area contributed by atoms with Crippen LogP contribution < -0.4 is 10.6 Å². The molecule has 0 atom stereocenters. The molecule has 0 aliphatic carbocycles.